The normalized spacial score (nSPS) is 18.1. The van der Waals surface area contributed by atoms with Crippen molar-refractivity contribution in [3.05, 3.63) is 112 Å². The summed E-state index contributed by atoms with van der Waals surface area (Å²) in [5, 5.41) is 12.1. The number of benzene rings is 3. The molecule has 0 aliphatic carbocycles. The number of anilines is 1. The molecule has 1 amide bonds. The van der Waals surface area contributed by atoms with Crippen molar-refractivity contribution in [3.8, 4) is 0 Å². The molecule has 148 valence electrons. The van der Waals surface area contributed by atoms with E-state index in [1.165, 1.54) is 11.2 Å². The van der Waals surface area contributed by atoms with Crippen molar-refractivity contribution < 1.29 is 14.3 Å². The van der Waals surface area contributed by atoms with Crippen LogP contribution in [0.3, 0.4) is 0 Å². The molecule has 0 spiro atoms. The third-order valence-corrected chi connectivity index (χ3v) is 5.72. The Labute approximate surface area is 172 Å². The predicted octanol–water partition coefficient (Wildman–Crippen LogP) is 3.88. The van der Waals surface area contributed by atoms with Gasteiger partial charge in [0.1, 0.15) is 11.8 Å². The highest BCUT2D eigenvalue weighted by Gasteiger charge is 2.52. The summed E-state index contributed by atoms with van der Waals surface area (Å²) in [6.45, 7) is 2.09. The lowest BCUT2D eigenvalue weighted by molar-refractivity contribution is -0.132. The molecule has 1 aromatic heterocycles. The van der Waals surface area contributed by atoms with Gasteiger partial charge in [-0.05, 0) is 30.2 Å². The van der Waals surface area contributed by atoms with Gasteiger partial charge in [-0.1, -0.05) is 60.7 Å². The van der Waals surface area contributed by atoms with Gasteiger partial charge in [-0.3, -0.25) is 9.59 Å². The molecular formula is C25H19NO4. The quantitative estimate of drug-likeness (QED) is 0.569. The van der Waals surface area contributed by atoms with Crippen molar-refractivity contribution in [2.24, 2.45) is 0 Å². The van der Waals surface area contributed by atoms with Crippen LogP contribution in [-0.2, 0) is 16.9 Å². The molecule has 0 radical (unpaired) electrons. The molecule has 0 saturated heterocycles. The first-order valence-corrected chi connectivity index (χ1v) is 9.71. The van der Waals surface area contributed by atoms with E-state index in [1.807, 2.05) is 36.4 Å². The maximum atomic E-state index is 13.6. The highest BCUT2D eigenvalue weighted by Crippen LogP contribution is 2.44. The third-order valence-electron chi connectivity index (χ3n) is 5.72. The van der Waals surface area contributed by atoms with E-state index in [2.05, 4.69) is 0 Å². The Balaban J connectivity index is 1.72. The molecule has 1 N–H and O–H groups in total. The Bertz CT molecular complexity index is 1340. The van der Waals surface area contributed by atoms with Gasteiger partial charge >= 0.3 is 0 Å². The van der Waals surface area contributed by atoms with Gasteiger partial charge in [-0.2, -0.15) is 0 Å². The number of aryl methyl sites for hydroxylation is 1. The van der Waals surface area contributed by atoms with Gasteiger partial charge in [-0.15, -0.1) is 0 Å². The molecule has 1 aliphatic heterocycles. The second-order valence-electron chi connectivity index (χ2n) is 7.53. The van der Waals surface area contributed by atoms with Gasteiger partial charge in [0.25, 0.3) is 5.91 Å². The van der Waals surface area contributed by atoms with Gasteiger partial charge in [0.15, 0.2) is 5.43 Å². The summed E-state index contributed by atoms with van der Waals surface area (Å²) in [7, 11) is 0. The predicted molar refractivity (Wildman–Crippen MR) is 114 cm³/mol. The SMILES string of the molecule is Cc1cccc2occ(C3(O)C(=O)N(Cc4ccccc4)c4ccccc43)c(=O)c12. The zero-order valence-corrected chi connectivity index (χ0v) is 16.3. The van der Waals surface area contributed by atoms with Crippen LogP contribution in [0.2, 0.25) is 0 Å². The lowest BCUT2D eigenvalue weighted by atomic mass is 9.87. The Morgan fingerprint density at radius 1 is 0.900 bits per heavy atom. The molecule has 5 nitrogen and oxygen atoms in total. The molecule has 1 unspecified atom stereocenters. The van der Waals surface area contributed by atoms with Crippen molar-refractivity contribution in [1.29, 1.82) is 0 Å². The first-order valence-electron chi connectivity index (χ1n) is 9.71. The minimum atomic E-state index is -2.11. The van der Waals surface area contributed by atoms with Crippen molar-refractivity contribution in [2.75, 3.05) is 4.90 Å². The van der Waals surface area contributed by atoms with E-state index in [1.54, 1.807) is 43.3 Å². The molecule has 1 aliphatic rings. The Morgan fingerprint density at radius 2 is 1.63 bits per heavy atom. The summed E-state index contributed by atoms with van der Waals surface area (Å²) in [4.78, 5) is 28.4. The van der Waals surface area contributed by atoms with E-state index in [4.69, 9.17) is 4.42 Å². The molecule has 4 aromatic rings. The third kappa shape index (κ3) is 2.52. The Hall–Kier alpha value is -3.70. The van der Waals surface area contributed by atoms with Gasteiger partial charge < -0.3 is 14.4 Å². The number of carbonyl (C=O) groups excluding carboxylic acids is 1. The number of fused-ring (bicyclic) bond motifs is 2. The van der Waals surface area contributed by atoms with Crippen LogP contribution >= 0.6 is 0 Å². The average molecular weight is 397 g/mol. The van der Waals surface area contributed by atoms with Crippen molar-refractivity contribution in [2.45, 2.75) is 19.1 Å². The molecule has 5 rings (SSSR count). The molecule has 1 atom stereocenters. The Kier molecular flexibility index (Phi) is 4.08. The lowest BCUT2D eigenvalue weighted by Gasteiger charge is -2.23. The number of hydrogen-bond acceptors (Lipinski definition) is 4. The van der Waals surface area contributed by atoms with Crippen molar-refractivity contribution in [3.63, 3.8) is 0 Å². The molecule has 3 aromatic carbocycles. The van der Waals surface area contributed by atoms with Crippen LogP contribution in [0.4, 0.5) is 5.69 Å². The molecule has 0 fully saturated rings. The molecule has 0 bridgehead atoms. The standard InChI is InChI=1S/C25H19NO4/c1-16-8-7-13-21-22(16)23(27)19(15-30-21)25(29)18-11-5-6-12-20(18)26(24(25)28)14-17-9-3-2-4-10-17/h2-13,15,29H,14H2,1H3. The van der Waals surface area contributed by atoms with E-state index in [-0.39, 0.29) is 12.1 Å². The molecule has 30 heavy (non-hydrogen) atoms. The zero-order valence-electron chi connectivity index (χ0n) is 16.3. The van der Waals surface area contributed by atoms with Crippen LogP contribution in [0, 0.1) is 6.92 Å². The van der Waals surface area contributed by atoms with Gasteiger partial charge in [0.05, 0.1) is 23.2 Å². The minimum absolute atomic E-state index is 0.0719. The van der Waals surface area contributed by atoms with Gasteiger partial charge in [-0.25, -0.2) is 0 Å². The topological polar surface area (TPSA) is 70.8 Å². The molecule has 0 saturated carbocycles. The van der Waals surface area contributed by atoms with Crippen LogP contribution in [0.25, 0.3) is 11.0 Å². The summed E-state index contributed by atoms with van der Waals surface area (Å²) in [5.41, 5.74) is 0.455. The molecular weight excluding hydrogens is 378 g/mol. The van der Waals surface area contributed by atoms with E-state index < -0.39 is 16.9 Å². The smallest absolute Gasteiger partial charge is 0.269 e. The largest absolute Gasteiger partial charge is 0.464 e. The van der Waals surface area contributed by atoms with Gasteiger partial charge in [0.2, 0.25) is 5.60 Å². The van der Waals surface area contributed by atoms with E-state index in [9.17, 15) is 14.7 Å². The fourth-order valence-electron chi connectivity index (χ4n) is 4.21. The maximum absolute atomic E-state index is 13.6. The van der Waals surface area contributed by atoms with E-state index in [0.717, 1.165) is 11.1 Å². The number of carbonyl (C=O) groups is 1. The number of aliphatic hydroxyl groups is 1. The molecule has 5 heteroatoms. The van der Waals surface area contributed by atoms with Crippen molar-refractivity contribution >= 4 is 22.6 Å². The van der Waals surface area contributed by atoms with Crippen LogP contribution in [-0.4, -0.2) is 11.0 Å². The van der Waals surface area contributed by atoms with Crippen LogP contribution < -0.4 is 10.3 Å². The number of nitrogens with zero attached hydrogens (tertiary/aromatic N) is 1. The number of rotatable bonds is 3. The second-order valence-corrected chi connectivity index (χ2v) is 7.53. The summed E-state index contributed by atoms with van der Waals surface area (Å²) in [6, 6.07) is 21.9. The fraction of sp³-hybridized carbons (Fsp3) is 0.120. The summed E-state index contributed by atoms with van der Waals surface area (Å²) in [6.07, 6.45) is 1.21. The monoisotopic (exact) mass is 397 g/mol. The summed E-state index contributed by atoms with van der Waals surface area (Å²) >= 11 is 0. The maximum Gasteiger partial charge on any atom is 0.269 e. The first-order chi connectivity index (χ1) is 14.5. The van der Waals surface area contributed by atoms with Crippen LogP contribution in [0.15, 0.2) is 88.3 Å². The zero-order chi connectivity index (χ0) is 20.9. The van der Waals surface area contributed by atoms with E-state index in [0.29, 0.717) is 22.2 Å². The van der Waals surface area contributed by atoms with Crippen LogP contribution in [0.5, 0.6) is 0 Å². The Morgan fingerprint density at radius 3 is 2.43 bits per heavy atom. The average Bonchev–Trinajstić information content (AvgIpc) is 2.97. The minimum Gasteiger partial charge on any atom is -0.464 e. The van der Waals surface area contributed by atoms with Crippen molar-refractivity contribution in [1.82, 2.24) is 0 Å². The number of para-hydroxylation sites is 1. The first kappa shape index (κ1) is 18.3. The number of hydrogen-bond donors (Lipinski definition) is 1. The van der Waals surface area contributed by atoms with Gasteiger partial charge in [0, 0.05) is 5.56 Å². The number of amides is 1. The summed E-state index contributed by atoms with van der Waals surface area (Å²) < 4.78 is 5.67. The highest BCUT2D eigenvalue weighted by atomic mass is 16.3. The second kappa shape index (κ2) is 6.68. The lowest BCUT2D eigenvalue weighted by Crippen LogP contribution is -2.43. The summed E-state index contributed by atoms with van der Waals surface area (Å²) in [5.74, 6) is -0.562. The highest BCUT2D eigenvalue weighted by molar-refractivity contribution is 6.09. The van der Waals surface area contributed by atoms with Crippen LogP contribution in [0.1, 0.15) is 22.3 Å². The fourth-order valence-corrected chi connectivity index (χ4v) is 4.21. The van der Waals surface area contributed by atoms with E-state index >= 15 is 0 Å². The molecule has 2 heterocycles.